The highest BCUT2D eigenvalue weighted by Crippen LogP contribution is 2.22. The Kier molecular flexibility index (Phi) is 5.09. The van der Waals surface area contributed by atoms with Crippen molar-refractivity contribution < 1.29 is 14.0 Å². The van der Waals surface area contributed by atoms with Crippen molar-refractivity contribution in [2.45, 2.75) is 39.2 Å². The van der Waals surface area contributed by atoms with Gasteiger partial charge in [0.2, 0.25) is 5.91 Å². The number of oxazole rings is 1. The number of anilines is 1. The molecule has 1 unspecified atom stereocenters. The highest BCUT2D eigenvalue weighted by Gasteiger charge is 2.18. The minimum Gasteiger partial charge on any atom is -0.408 e. The molecule has 7 heteroatoms. The first-order valence-corrected chi connectivity index (χ1v) is 8.98. The van der Waals surface area contributed by atoms with Crippen LogP contribution >= 0.6 is 0 Å². The second-order valence-corrected chi connectivity index (χ2v) is 7.74. The van der Waals surface area contributed by atoms with Crippen LogP contribution in [0.1, 0.15) is 43.6 Å². The number of nitrogens with one attached hydrogen (secondary N) is 3. The molecule has 0 aliphatic carbocycles. The van der Waals surface area contributed by atoms with Gasteiger partial charge in [0, 0.05) is 11.3 Å². The third-order valence-electron chi connectivity index (χ3n) is 4.44. The van der Waals surface area contributed by atoms with E-state index in [1.165, 1.54) is 0 Å². The van der Waals surface area contributed by atoms with Crippen LogP contribution in [0.4, 0.5) is 5.69 Å². The van der Waals surface area contributed by atoms with E-state index in [1.54, 1.807) is 37.3 Å². The second kappa shape index (κ2) is 7.34. The third-order valence-corrected chi connectivity index (χ3v) is 4.44. The Morgan fingerprint density at radius 1 is 1.07 bits per heavy atom. The molecule has 0 saturated heterocycles. The van der Waals surface area contributed by atoms with E-state index in [2.05, 4.69) is 36.4 Å². The van der Waals surface area contributed by atoms with Crippen LogP contribution in [0.15, 0.2) is 51.7 Å². The van der Waals surface area contributed by atoms with Gasteiger partial charge in [-0.1, -0.05) is 32.9 Å². The lowest BCUT2D eigenvalue weighted by molar-refractivity contribution is -0.117. The normalized spacial score (nSPS) is 12.6. The molecule has 0 saturated carbocycles. The molecule has 28 heavy (non-hydrogen) atoms. The number of hydrogen-bond donors (Lipinski definition) is 3. The molecule has 7 nitrogen and oxygen atoms in total. The smallest absolute Gasteiger partial charge is 0.408 e. The van der Waals surface area contributed by atoms with Crippen LogP contribution in [0.2, 0.25) is 0 Å². The fourth-order valence-corrected chi connectivity index (χ4v) is 2.75. The quantitative estimate of drug-likeness (QED) is 0.645. The summed E-state index contributed by atoms with van der Waals surface area (Å²) in [4.78, 5) is 38.5. The fourth-order valence-electron chi connectivity index (χ4n) is 2.75. The van der Waals surface area contributed by atoms with Crippen molar-refractivity contribution in [3.63, 3.8) is 0 Å². The van der Waals surface area contributed by atoms with Crippen LogP contribution in [0.5, 0.6) is 0 Å². The van der Waals surface area contributed by atoms with Gasteiger partial charge >= 0.3 is 5.76 Å². The number of rotatable bonds is 4. The maximum Gasteiger partial charge on any atom is 0.417 e. The SMILES string of the molecule is CC(NC(=O)c1ccc(C(C)(C)C)cc1)C(=O)Nc1ccc2oc(=O)[nH]c2c1. The molecule has 3 rings (SSSR count). The van der Waals surface area contributed by atoms with Gasteiger partial charge in [0.05, 0.1) is 5.52 Å². The summed E-state index contributed by atoms with van der Waals surface area (Å²) in [5.74, 6) is -1.25. The van der Waals surface area contributed by atoms with Crippen molar-refractivity contribution in [1.82, 2.24) is 10.3 Å². The largest absolute Gasteiger partial charge is 0.417 e. The maximum atomic E-state index is 12.4. The summed E-state index contributed by atoms with van der Waals surface area (Å²) < 4.78 is 4.93. The lowest BCUT2D eigenvalue weighted by Crippen LogP contribution is -2.41. The van der Waals surface area contributed by atoms with Gasteiger partial charge in [-0.3, -0.25) is 14.6 Å². The molecule has 0 aliphatic heterocycles. The molecule has 0 spiro atoms. The average Bonchev–Trinajstić information content (AvgIpc) is 3.00. The predicted molar refractivity (Wildman–Crippen MR) is 108 cm³/mol. The van der Waals surface area contributed by atoms with Crippen molar-refractivity contribution in [3.8, 4) is 0 Å². The minimum absolute atomic E-state index is 0.00253. The van der Waals surface area contributed by atoms with Crippen LogP contribution in [0, 0.1) is 0 Å². The van der Waals surface area contributed by atoms with Gasteiger partial charge in [-0.15, -0.1) is 0 Å². The zero-order chi connectivity index (χ0) is 20.5. The van der Waals surface area contributed by atoms with Gasteiger partial charge in [-0.2, -0.15) is 0 Å². The van der Waals surface area contributed by atoms with Gasteiger partial charge in [-0.05, 0) is 48.2 Å². The van der Waals surface area contributed by atoms with E-state index in [4.69, 9.17) is 4.42 Å². The Labute approximate surface area is 162 Å². The van der Waals surface area contributed by atoms with Crippen molar-refractivity contribution in [2.75, 3.05) is 5.32 Å². The molecular weight excluding hydrogens is 358 g/mol. The summed E-state index contributed by atoms with van der Waals surface area (Å²) in [5.41, 5.74) is 3.00. The van der Waals surface area contributed by atoms with Crippen LogP contribution in [0.25, 0.3) is 11.1 Å². The summed E-state index contributed by atoms with van der Waals surface area (Å²) in [7, 11) is 0. The van der Waals surface area contributed by atoms with E-state index in [0.29, 0.717) is 22.4 Å². The number of amides is 2. The Hall–Kier alpha value is -3.35. The van der Waals surface area contributed by atoms with E-state index in [-0.39, 0.29) is 17.2 Å². The first-order chi connectivity index (χ1) is 13.1. The Morgan fingerprint density at radius 3 is 2.39 bits per heavy atom. The van der Waals surface area contributed by atoms with E-state index >= 15 is 0 Å². The van der Waals surface area contributed by atoms with Gasteiger partial charge < -0.3 is 15.1 Å². The summed E-state index contributed by atoms with van der Waals surface area (Å²) in [6, 6.07) is 11.4. The van der Waals surface area contributed by atoms with Crippen molar-refractivity contribution in [3.05, 3.63) is 64.1 Å². The molecular formula is C21H23N3O4. The molecule has 3 N–H and O–H groups in total. The molecule has 0 fully saturated rings. The standard InChI is InChI=1S/C21H23N3O4/c1-12(22-19(26)13-5-7-14(8-6-13)21(2,3)4)18(25)23-15-9-10-17-16(11-15)24-20(27)28-17/h5-12H,1-4H3,(H,22,26)(H,23,25)(H,24,27). The summed E-state index contributed by atoms with van der Waals surface area (Å²) in [5, 5.41) is 5.40. The average molecular weight is 381 g/mol. The van der Waals surface area contributed by atoms with E-state index in [9.17, 15) is 14.4 Å². The predicted octanol–water partition coefficient (Wildman–Crippen LogP) is 3.18. The van der Waals surface area contributed by atoms with Crippen LogP contribution < -0.4 is 16.4 Å². The van der Waals surface area contributed by atoms with Gasteiger partial charge in [0.15, 0.2) is 5.58 Å². The number of carbonyl (C=O) groups is 2. The Balaban J connectivity index is 1.64. The zero-order valence-electron chi connectivity index (χ0n) is 16.3. The summed E-state index contributed by atoms with van der Waals surface area (Å²) in [6.07, 6.45) is 0. The van der Waals surface area contributed by atoms with Gasteiger partial charge in [0.1, 0.15) is 6.04 Å². The molecule has 1 heterocycles. The van der Waals surface area contributed by atoms with Gasteiger partial charge in [-0.25, -0.2) is 4.79 Å². The monoisotopic (exact) mass is 381 g/mol. The summed E-state index contributed by atoms with van der Waals surface area (Å²) >= 11 is 0. The van der Waals surface area contributed by atoms with Crippen molar-refractivity contribution in [2.24, 2.45) is 0 Å². The van der Waals surface area contributed by atoms with E-state index < -0.39 is 11.8 Å². The highest BCUT2D eigenvalue weighted by atomic mass is 16.4. The molecule has 3 aromatic rings. The van der Waals surface area contributed by atoms with Crippen molar-refractivity contribution >= 4 is 28.6 Å². The van der Waals surface area contributed by atoms with E-state index in [0.717, 1.165) is 5.56 Å². The number of H-pyrrole nitrogens is 1. The molecule has 0 aliphatic rings. The topological polar surface area (TPSA) is 104 Å². The van der Waals surface area contributed by atoms with Crippen molar-refractivity contribution in [1.29, 1.82) is 0 Å². The lowest BCUT2D eigenvalue weighted by atomic mass is 9.86. The number of benzene rings is 2. The molecule has 0 bridgehead atoms. The highest BCUT2D eigenvalue weighted by molar-refractivity contribution is 6.01. The van der Waals surface area contributed by atoms with Crippen LogP contribution in [0.3, 0.4) is 0 Å². The molecule has 1 aromatic heterocycles. The first-order valence-electron chi connectivity index (χ1n) is 8.98. The molecule has 2 aromatic carbocycles. The number of hydrogen-bond acceptors (Lipinski definition) is 4. The number of aromatic amines is 1. The van der Waals surface area contributed by atoms with Gasteiger partial charge in [0.25, 0.3) is 5.91 Å². The van der Waals surface area contributed by atoms with Crippen LogP contribution in [-0.4, -0.2) is 22.8 Å². The first kappa shape index (κ1) is 19.4. The lowest BCUT2D eigenvalue weighted by Gasteiger charge is -2.19. The van der Waals surface area contributed by atoms with Crippen LogP contribution in [-0.2, 0) is 10.2 Å². The Bertz CT molecular complexity index is 1070. The summed E-state index contributed by atoms with van der Waals surface area (Å²) in [6.45, 7) is 7.91. The molecule has 2 amide bonds. The maximum absolute atomic E-state index is 12.4. The third kappa shape index (κ3) is 4.31. The molecule has 1 atom stereocenters. The van der Waals surface area contributed by atoms with E-state index in [1.807, 2.05) is 12.1 Å². The molecule has 146 valence electrons. The second-order valence-electron chi connectivity index (χ2n) is 7.74. The minimum atomic E-state index is -0.742. The number of fused-ring (bicyclic) bond motifs is 1. The number of carbonyl (C=O) groups excluding carboxylic acids is 2. The molecule has 0 radical (unpaired) electrons. The Morgan fingerprint density at radius 2 is 1.75 bits per heavy atom. The number of aromatic nitrogens is 1. The fraction of sp³-hybridized carbons (Fsp3) is 0.286. The zero-order valence-corrected chi connectivity index (χ0v) is 16.3.